The van der Waals surface area contributed by atoms with Gasteiger partial charge in [-0.3, -0.25) is 5.32 Å². The summed E-state index contributed by atoms with van der Waals surface area (Å²) in [4.78, 5) is 15.9. The molecule has 0 atom stereocenters. The standard InChI is InChI=1S/C15H15N5O2/c1-11-8-14(22-19-11)18-15(21)17-9-12-4-2-3-5-13(12)20-7-6-16-10-20/h2-8,10H,9H2,1H3,(H2,17,18,21). The number of hydrogen-bond acceptors (Lipinski definition) is 4. The second kappa shape index (κ2) is 6.13. The second-order valence-electron chi connectivity index (χ2n) is 4.74. The average Bonchev–Trinajstić information content (AvgIpc) is 3.17. The molecule has 3 rings (SSSR count). The molecule has 0 unspecified atom stereocenters. The van der Waals surface area contributed by atoms with Crippen LogP contribution in [0.15, 0.2) is 53.6 Å². The maximum atomic E-state index is 11.9. The molecule has 0 saturated carbocycles. The summed E-state index contributed by atoms with van der Waals surface area (Å²) in [6.45, 7) is 2.17. The van der Waals surface area contributed by atoms with Crippen molar-refractivity contribution in [1.82, 2.24) is 20.0 Å². The molecule has 2 aromatic heterocycles. The molecule has 0 saturated heterocycles. The molecule has 0 fully saturated rings. The molecule has 2 N–H and O–H groups in total. The van der Waals surface area contributed by atoms with Gasteiger partial charge in [0.25, 0.3) is 0 Å². The number of aryl methyl sites for hydroxylation is 1. The van der Waals surface area contributed by atoms with E-state index in [-0.39, 0.29) is 6.03 Å². The zero-order chi connectivity index (χ0) is 15.4. The van der Waals surface area contributed by atoms with Crippen LogP contribution in [0.5, 0.6) is 0 Å². The molecule has 0 aliphatic heterocycles. The smallest absolute Gasteiger partial charge is 0.321 e. The Kier molecular flexibility index (Phi) is 3.86. The first-order chi connectivity index (χ1) is 10.7. The van der Waals surface area contributed by atoms with Gasteiger partial charge >= 0.3 is 6.03 Å². The summed E-state index contributed by atoms with van der Waals surface area (Å²) >= 11 is 0. The van der Waals surface area contributed by atoms with Crippen molar-refractivity contribution < 1.29 is 9.32 Å². The third kappa shape index (κ3) is 3.14. The Labute approximate surface area is 127 Å². The van der Waals surface area contributed by atoms with Crippen LogP contribution < -0.4 is 10.6 Å². The number of anilines is 1. The average molecular weight is 297 g/mol. The maximum Gasteiger partial charge on any atom is 0.321 e. The molecule has 0 radical (unpaired) electrons. The number of nitrogens with one attached hydrogen (secondary N) is 2. The van der Waals surface area contributed by atoms with Crippen molar-refractivity contribution in [3.05, 3.63) is 60.3 Å². The summed E-state index contributed by atoms with van der Waals surface area (Å²) in [6.07, 6.45) is 5.29. The van der Waals surface area contributed by atoms with Gasteiger partial charge in [0.15, 0.2) is 0 Å². The molecule has 0 aliphatic rings. The Hall–Kier alpha value is -3.09. The number of hydrogen-bond donors (Lipinski definition) is 2. The highest BCUT2D eigenvalue weighted by Gasteiger charge is 2.08. The van der Waals surface area contributed by atoms with Crippen LogP contribution >= 0.6 is 0 Å². The summed E-state index contributed by atoms with van der Waals surface area (Å²) < 4.78 is 6.83. The lowest BCUT2D eigenvalue weighted by atomic mass is 10.1. The van der Waals surface area contributed by atoms with Crippen molar-refractivity contribution in [2.45, 2.75) is 13.5 Å². The minimum atomic E-state index is -0.350. The fourth-order valence-electron chi connectivity index (χ4n) is 2.07. The number of carbonyl (C=O) groups excluding carboxylic acids is 1. The summed E-state index contributed by atoms with van der Waals surface area (Å²) in [5.74, 6) is 0.317. The highest BCUT2D eigenvalue weighted by Crippen LogP contribution is 2.14. The summed E-state index contributed by atoms with van der Waals surface area (Å²) in [5, 5.41) is 9.08. The van der Waals surface area contributed by atoms with Crippen LogP contribution in [0.4, 0.5) is 10.7 Å². The molecular formula is C15H15N5O2. The first kappa shape index (κ1) is 13.9. The minimum Gasteiger partial charge on any atom is -0.338 e. The first-order valence-electron chi connectivity index (χ1n) is 6.77. The van der Waals surface area contributed by atoms with E-state index in [1.165, 1.54) is 0 Å². The van der Waals surface area contributed by atoms with E-state index in [1.54, 1.807) is 25.5 Å². The van der Waals surface area contributed by atoms with Gasteiger partial charge in [0.05, 0.1) is 17.7 Å². The third-order valence-corrected chi connectivity index (χ3v) is 3.08. The van der Waals surface area contributed by atoms with Gasteiger partial charge in [0.2, 0.25) is 5.88 Å². The predicted octanol–water partition coefficient (Wildman–Crippen LogP) is 2.49. The van der Waals surface area contributed by atoms with Crippen molar-refractivity contribution in [1.29, 1.82) is 0 Å². The number of imidazole rings is 1. The first-order valence-corrected chi connectivity index (χ1v) is 6.77. The fourth-order valence-corrected chi connectivity index (χ4v) is 2.07. The molecule has 7 heteroatoms. The number of urea groups is 1. The van der Waals surface area contributed by atoms with Crippen LogP contribution in [0, 0.1) is 6.92 Å². The second-order valence-corrected chi connectivity index (χ2v) is 4.74. The van der Waals surface area contributed by atoms with E-state index in [0.29, 0.717) is 18.1 Å². The molecule has 2 heterocycles. The number of carbonyl (C=O) groups is 1. The Balaban J connectivity index is 1.65. The maximum absolute atomic E-state index is 11.9. The molecule has 0 bridgehead atoms. The number of aromatic nitrogens is 3. The fraction of sp³-hybridized carbons (Fsp3) is 0.133. The van der Waals surface area contributed by atoms with Gasteiger partial charge in [-0.15, -0.1) is 0 Å². The molecule has 7 nitrogen and oxygen atoms in total. The van der Waals surface area contributed by atoms with E-state index >= 15 is 0 Å². The lowest BCUT2D eigenvalue weighted by Crippen LogP contribution is -2.28. The lowest BCUT2D eigenvalue weighted by Gasteiger charge is -2.11. The number of para-hydroxylation sites is 1. The van der Waals surface area contributed by atoms with Crippen LogP contribution in [-0.4, -0.2) is 20.7 Å². The molecular weight excluding hydrogens is 282 g/mol. The molecule has 0 spiro atoms. The van der Waals surface area contributed by atoms with E-state index in [4.69, 9.17) is 4.52 Å². The Morgan fingerprint density at radius 2 is 2.23 bits per heavy atom. The summed E-state index contributed by atoms with van der Waals surface area (Å²) in [5.41, 5.74) is 2.65. The van der Waals surface area contributed by atoms with Gasteiger partial charge in [0.1, 0.15) is 0 Å². The summed E-state index contributed by atoms with van der Waals surface area (Å²) in [7, 11) is 0. The molecule has 0 aliphatic carbocycles. The quantitative estimate of drug-likeness (QED) is 0.774. The van der Waals surface area contributed by atoms with E-state index in [2.05, 4.69) is 20.8 Å². The largest absolute Gasteiger partial charge is 0.338 e. The van der Waals surface area contributed by atoms with E-state index in [9.17, 15) is 4.79 Å². The van der Waals surface area contributed by atoms with Crippen molar-refractivity contribution in [2.24, 2.45) is 0 Å². The van der Waals surface area contributed by atoms with Crippen LogP contribution in [0.1, 0.15) is 11.3 Å². The van der Waals surface area contributed by atoms with Crippen molar-refractivity contribution >= 4 is 11.9 Å². The van der Waals surface area contributed by atoms with Gasteiger partial charge in [0, 0.05) is 25.0 Å². The normalized spacial score (nSPS) is 10.4. The van der Waals surface area contributed by atoms with Crippen LogP contribution in [0.2, 0.25) is 0 Å². The third-order valence-electron chi connectivity index (χ3n) is 3.08. The Morgan fingerprint density at radius 3 is 2.95 bits per heavy atom. The van der Waals surface area contributed by atoms with Crippen molar-refractivity contribution in [3.8, 4) is 5.69 Å². The monoisotopic (exact) mass is 297 g/mol. The highest BCUT2D eigenvalue weighted by atomic mass is 16.5. The van der Waals surface area contributed by atoms with Gasteiger partial charge < -0.3 is 14.4 Å². The zero-order valence-corrected chi connectivity index (χ0v) is 12.0. The Morgan fingerprint density at radius 1 is 1.36 bits per heavy atom. The molecule has 3 aromatic rings. The number of amides is 2. The van der Waals surface area contributed by atoms with Crippen molar-refractivity contribution in [2.75, 3.05) is 5.32 Å². The minimum absolute atomic E-state index is 0.317. The SMILES string of the molecule is Cc1cc(NC(=O)NCc2ccccc2-n2ccnc2)on1. The van der Waals surface area contributed by atoms with E-state index in [0.717, 1.165) is 11.3 Å². The highest BCUT2D eigenvalue weighted by molar-refractivity contribution is 5.87. The number of nitrogens with zero attached hydrogens (tertiary/aromatic N) is 3. The topological polar surface area (TPSA) is 85.0 Å². The van der Waals surface area contributed by atoms with Gasteiger partial charge in [-0.2, -0.15) is 0 Å². The Bertz CT molecular complexity index is 764. The lowest BCUT2D eigenvalue weighted by molar-refractivity contribution is 0.251. The molecule has 22 heavy (non-hydrogen) atoms. The van der Waals surface area contributed by atoms with Gasteiger partial charge in [-0.1, -0.05) is 23.4 Å². The van der Waals surface area contributed by atoms with Crippen LogP contribution in [0.3, 0.4) is 0 Å². The molecule has 112 valence electrons. The van der Waals surface area contributed by atoms with Crippen LogP contribution in [0.25, 0.3) is 5.69 Å². The molecule has 1 aromatic carbocycles. The van der Waals surface area contributed by atoms with E-state index < -0.39 is 0 Å². The number of benzene rings is 1. The zero-order valence-electron chi connectivity index (χ0n) is 12.0. The summed E-state index contributed by atoms with van der Waals surface area (Å²) in [6, 6.07) is 9.09. The molecule has 2 amide bonds. The van der Waals surface area contributed by atoms with E-state index in [1.807, 2.05) is 35.0 Å². The van der Waals surface area contributed by atoms with Gasteiger partial charge in [-0.25, -0.2) is 9.78 Å². The van der Waals surface area contributed by atoms with Crippen LogP contribution in [-0.2, 0) is 6.54 Å². The predicted molar refractivity (Wildman–Crippen MR) is 80.7 cm³/mol. The van der Waals surface area contributed by atoms with Gasteiger partial charge in [-0.05, 0) is 18.6 Å². The van der Waals surface area contributed by atoms with Crippen molar-refractivity contribution in [3.63, 3.8) is 0 Å². The number of rotatable bonds is 4.